The molecule has 1 atom stereocenters. The van der Waals surface area contributed by atoms with Crippen LogP contribution in [0.15, 0.2) is 48.6 Å². The van der Waals surface area contributed by atoms with Gasteiger partial charge in [-0.25, -0.2) is 0 Å². The molecular weight excluding hydrogens is 196 g/mol. The van der Waals surface area contributed by atoms with Gasteiger partial charge in [0.15, 0.2) is 0 Å². The highest BCUT2D eigenvalue weighted by Gasteiger charge is 2.11. The fourth-order valence-electron chi connectivity index (χ4n) is 1.18. The molecule has 0 aliphatic rings. The minimum atomic E-state index is -0.809. The number of hydrogen-bond donors (Lipinski definition) is 1. The van der Waals surface area contributed by atoms with Crippen LogP contribution in [0.3, 0.4) is 0 Å². The summed E-state index contributed by atoms with van der Waals surface area (Å²) in [5, 5.41) is 9.68. The summed E-state index contributed by atoms with van der Waals surface area (Å²) in [6.45, 7) is 13.5. The van der Waals surface area contributed by atoms with E-state index in [0.717, 1.165) is 18.4 Å². The lowest BCUT2D eigenvalue weighted by Gasteiger charge is -2.15. The molecule has 90 valence electrons. The fourth-order valence-corrected chi connectivity index (χ4v) is 1.18. The Hall–Kier alpha value is -1.08. The first-order chi connectivity index (χ1) is 7.37. The predicted molar refractivity (Wildman–Crippen MR) is 72.4 cm³/mol. The lowest BCUT2D eigenvalue weighted by molar-refractivity contribution is 0.115. The number of rotatable bonds is 7. The van der Waals surface area contributed by atoms with Crippen molar-refractivity contribution < 1.29 is 5.11 Å². The highest BCUT2D eigenvalue weighted by atomic mass is 16.3. The second kappa shape index (κ2) is 7.24. The first kappa shape index (κ1) is 14.9. The van der Waals surface area contributed by atoms with Gasteiger partial charge in [-0.1, -0.05) is 42.0 Å². The molecule has 0 aromatic carbocycles. The average Bonchev–Trinajstić information content (AvgIpc) is 2.17. The summed E-state index contributed by atoms with van der Waals surface area (Å²) < 4.78 is 0. The minimum absolute atomic E-state index is 0.582. The Bertz CT molecular complexity index is 289. The quantitative estimate of drug-likeness (QED) is 0.504. The van der Waals surface area contributed by atoms with Gasteiger partial charge in [-0.3, -0.25) is 0 Å². The molecule has 0 aromatic heterocycles. The summed E-state index contributed by atoms with van der Waals surface area (Å²) in [7, 11) is 0. The van der Waals surface area contributed by atoms with E-state index in [1.807, 2.05) is 12.2 Å². The Morgan fingerprint density at radius 3 is 2.50 bits per heavy atom. The first-order valence-corrected chi connectivity index (χ1v) is 5.71. The Labute approximate surface area is 99.9 Å². The molecule has 0 bridgehead atoms. The fraction of sp³-hybridized carbons (Fsp3) is 0.467. The molecule has 1 heteroatoms. The van der Waals surface area contributed by atoms with Crippen LogP contribution in [-0.4, -0.2) is 10.7 Å². The van der Waals surface area contributed by atoms with Crippen LogP contribution in [0.5, 0.6) is 0 Å². The van der Waals surface area contributed by atoms with Crippen molar-refractivity contribution in [3.8, 4) is 0 Å². The molecule has 0 rings (SSSR count). The van der Waals surface area contributed by atoms with Gasteiger partial charge >= 0.3 is 0 Å². The predicted octanol–water partition coefficient (Wildman–Crippen LogP) is 4.17. The summed E-state index contributed by atoms with van der Waals surface area (Å²) in [4.78, 5) is 0. The second-order valence-electron chi connectivity index (χ2n) is 4.65. The van der Waals surface area contributed by atoms with Gasteiger partial charge in [-0.15, -0.1) is 6.58 Å². The van der Waals surface area contributed by atoms with E-state index in [1.54, 1.807) is 13.0 Å². The third-order valence-electron chi connectivity index (χ3n) is 2.34. The van der Waals surface area contributed by atoms with Crippen LogP contribution in [0, 0.1) is 0 Å². The number of allylic oxidation sites excluding steroid dienone is 4. The lowest BCUT2D eigenvalue weighted by atomic mass is 10.0. The summed E-state index contributed by atoms with van der Waals surface area (Å²) in [5.41, 5.74) is 1.63. The summed E-state index contributed by atoms with van der Waals surface area (Å²) in [5.74, 6) is 0. The summed E-state index contributed by atoms with van der Waals surface area (Å²) >= 11 is 0. The van der Waals surface area contributed by atoms with Crippen LogP contribution in [0.4, 0.5) is 0 Å². The lowest BCUT2D eigenvalue weighted by Crippen LogP contribution is -2.18. The van der Waals surface area contributed by atoms with E-state index >= 15 is 0 Å². The van der Waals surface area contributed by atoms with Crippen LogP contribution in [-0.2, 0) is 0 Å². The molecule has 0 radical (unpaired) electrons. The number of hydrogen-bond acceptors (Lipinski definition) is 1. The van der Waals surface area contributed by atoms with Crippen LogP contribution >= 0.6 is 0 Å². The molecule has 0 fully saturated rings. The van der Waals surface area contributed by atoms with E-state index in [-0.39, 0.29) is 0 Å². The first-order valence-electron chi connectivity index (χ1n) is 5.71. The van der Waals surface area contributed by atoms with E-state index in [1.165, 1.54) is 5.57 Å². The van der Waals surface area contributed by atoms with Gasteiger partial charge in [0.25, 0.3) is 0 Å². The molecule has 0 aliphatic heterocycles. The van der Waals surface area contributed by atoms with Crippen molar-refractivity contribution in [2.45, 2.75) is 45.6 Å². The van der Waals surface area contributed by atoms with Crippen molar-refractivity contribution in [3.05, 3.63) is 48.6 Å². The second-order valence-corrected chi connectivity index (χ2v) is 4.65. The average molecular weight is 220 g/mol. The van der Waals surface area contributed by atoms with Crippen LogP contribution < -0.4 is 0 Å². The van der Waals surface area contributed by atoms with E-state index in [0.29, 0.717) is 6.42 Å². The molecule has 16 heavy (non-hydrogen) atoms. The van der Waals surface area contributed by atoms with Crippen molar-refractivity contribution >= 4 is 0 Å². The van der Waals surface area contributed by atoms with Crippen molar-refractivity contribution in [1.29, 1.82) is 0 Å². The maximum absolute atomic E-state index is 9.68. The topological polar surface area (TPSA) is 20.2 Å². The Balaban J connectivity index is 3.92. The molecule has 0 heterocycles. The smallest absolute Gasteiger partial charge is 0.0831 e. The monoisotopic (exact) mass is 220 g/mol. The molecule has 1 nitrogen and oxygen atoms in total. The molecule has 0 amide bonds. The van der Waals surface area contributed by atoms with Crippen LogP contribution in [0.1, 0.15) is 40.0 Å². The van der Waals surface area contributed by atoms with Gasteiger partial charge in [0, 0.05) is 0 Å². The van der Waals surface area contributed by atoms with Gasteiger partial charge in [0.2, 0.25) is 0 Å². The molecule has 0 saturated carbocycles. The van der Waals surface area contributed by atoms with Gasteiger partial charge in [-0.2, -0.15) is 0 Å². The van der Waals surface area contributed by atoms with E-state index in [4.69, 9.17) is 0 Å². The molecule has 0 unspecified atom stereocenters. The third kappa shape index (κ3) is 8.25. The van der Waals surface area contributed by atoms with Gasteiger partial charge in [0.05, 0.1) is 5.60 Å². The van der Waals surface area contributed by atoms with E-state index in [2.05, 4.69) is 33.1 Å². The highest BCUT2D eigenvalue weighted by Crippen LogP contribution is 2.13. The van der Waals surface area contributed by atoms with Gasteiger partial charge < -0.3 is 5.11 Å². The zero-order valence-corrected chi connectivity index (χ0v) is 10.8. The van der Waals surface area contributed by atoms with E-state index in [9.17, 15) is 5.11 Å². The van der Waals surface area contributed by atoms with Gasteiger partial charge in [0.1, 0.15) is 0 Å². The third-order valence-corrected chi connectivity index (χ3v) is 2.34. The highest BCUT2D eigenvalue weighted by molar-refractivity contribution is 5.16. The standard InChI is InChI=1S/C15H24O/c1-6-15(5,16)12-8-11-14(4)10-7-9-13(2)3/h6,8-9,11,16H,1,4,7,10,12H2,2-3,5H3/t15-/m1/s1. The molecule has 0 spiro atoms. The zero-order chi connectivity index (χ0) is 12.6. The van der Waals surface area contributed by atoms with Gasteiger partial charge in [-0.05, 0) is 40.0 Å². The molecular formula is C15H24O. The van der Waals surface area contributed by atoms with E-state index < -0.39 is 5.60 Å². The van der Waals surface area contributed by atoms with Crippen molar-refractivity contribution in [2.24, 2.45) is 0 Å². The summed E-state index contributed by atoms with van der Waals surface area (Å²) in [6, 6.07) is 0. The van der Waals surface area contributed by atoms with Crippen molar-refractivity contribution in [2.75, 3.05) is 0 Å². The number of aliphatic hydroxyl groups is 1. The zero-order valence-electron chi connectivity index (χ0n) is 10.8. The SMILES string of the molecule is C=C[C@@](C)(O)CC=CC(=C)CCC=C(C)C. The molecule has 1 N–H and O–H groups in total. The Kier molecular flexibility index (Phi) is 6.75. The van der Waals surface area contributed by atoms with Crippen molar-refractivity contribution in [1.82, 2.24) is 0 Å². The van der Waals surface area contributed by atoms with Crippen LogP contribution in [0.2, 0.25) is 0 Å². The summed E-state index contributed by atoms with van der Waals surface area (Å²) in [6.07, 6.45) is 10.3. The largest absolute Gasteiger partial charge is 0.386 e. The van der Waals surface area contributed by atoms with Crippen LogP contribution in [0.25, 0.3) is 0 Å². The molecule has 0 saturated heterocycles. The molecule has 0 aliphatic carbocycles. The van der Waals surface area contributed by atoms with Crippen molar-refractivity contribution in [3.63, 3.8) is 0 Å². The maximum atomic E-state index is 9.68. The molecule has 0 aromatic rings. The normalized spacial score (nSPS) is 14.5. The Morgan fingerprint density at radius 2 is 2.00 bits per heavy atom. The Morgan fingerprint density at radius 1 is 1.38 bits per heavy atom. The maximum Gasteiger partial charge on any atom is 0.0831 e. The minimum Gasteiger partial charge on any atom is -0.386 e.